The van der Waals surface area contributed by atoms with Gasteiger partial charge in [0, 0.05) is 11.1 Å². The van der Waals surface area contributed by atoms with Crippen LogP contribution in [0.1, 0.15) is 53.9 Å². The lowest BCUT2D eigenvalue weighted by Gasteiger charge is -2.25. The number of para-hydroxylation sites is 1. The van der Waals surface area contributed by atoms with Crippen LogP contribution in [0.15, 0.2) is 48.5 Å². The number of allylic oxidation sites excluding steroid dienone is 1. The highest BCUT2D eigenvalue weighted by Crippen LogP contribution is 2.44. The van der Waals surface area contributed by atoms with Crippen molar-refractivity contribution in [3.05, 3.63) is 70.8 Å². The van der Waals surface area contributed by atoms with Gasteiger partial charge >= 0.3 is 7.82 Å². The van der Waals surface area contributed by atoms with E-state index in [1.54, 1.807) is 7.11 Å². The highest BCUT2D eigenvalue weighted by atomic mass is 31.2. The normalized spacial score (nSPS) is 25.8. The maximum Gasteiger partial charge on any atom is 0.469 e. The maximum atomic E-state index is 11.0. The van der Waals surface area contributed by atoms with E-state index in [1.165, 1.54) is 16.7 Å². The summed E-state index contributed by atoms with van der Waals surface area (Å²) < 4.78 is 21.2. The third kappa shape index (κ3) is 5.69. The summed E-state index contributed by atoms with van der Waals surface area (Å²) >= 11 is 0. The fourth-order valence-corrected chi connectivity index (χ4v) is 5.48. The molecule has 0 unspecified atom stereocenters. The molecular formula is C25H32NO5P. The average molecular weight is 458 g/mol. The molecule has 0 aliphatic heterocycles. The topological polar surface area (TPSA) is 102 Å². The van der Waals surface area contributed by atoms with Crippen molar-refractivity contribution >= 4 is 13.9 Å². The van der Waals surface area contributed by atoms with Gasteiger partial charge in [0.15, 0.2) is 0 Å². The molecule has 1 fully saturated rings. The SMILES string of the molecule is COc1ccccc1/C=C/[C@@H]1CCc2cc([C@H]3CC[C@](N)(COP(=O)(O)O)C3)ccc2C1. The Labute approximate surface area is 189 Å². The number of benzene rings is 2. The van der Waals surface area contributed by atoms with E-state index in [0.29, 0.717) is 24.7 Å². The molecule has 7 heteroatoms. The van der Waals surface area contributed by atoms with Crippen LogP contribution >= 0.6 is 7.82 Å². The van der Waals surface area contributed by atoms with E-state index >= 15 is 0 Å². The van der Waals surface area contributed by atoms with Crippen LogP contribution in [0.4, 0.5) is 0 Å². The first-order valence-electron chi connectivity index (χ1n) is 11.2. The van der Waals surface area contributed by atoms with Crippen molar-refractivity contribution in [1.82, 2.24) is 0 Å². The van der Waals surface area contributed by atoms with Crippen molar-refractivity contribution in [1.29, 1.82) is 0 Å². The van der Waals surface area contributed by atoms with Crippen molar-refractivity contribution in [2.75, 3.05) is 13.7 Å². The minimum Gasteiger partial charge on any atom is -0.496 e. The van der Waals surface area contributed by atoms with Gasteiger partial charge in [-0.15, -0.1) is 0 Å². The van der Waals surface area contributed by atoms with Crippen molar-refractivity contribution in [3.8, 4) is 5.75 Å². The van der Waals surface area contributed by atoms with E-state index in [2.05, 4.69) is 36.4 Å². The Hall–Kier alpha value is -1.95. The smallest absolute Gasteiger partial charge is 0.469 e. The minimum absolute atomic E-state index is 0.112. The van der Waals surface area contributed by atoms with Crippen molar-refractivity contribution < 1.29 is 23.6 Å². The van der Waals surface area contributed by atoms with Crippen molar-refractivity contribution in [2.45, 2.75) is 50.0 Å². The van der Waals surface area contributed by atoms with Gasteiger partial charge < -0.3 is 20.3 Å². The minimum atomic E-state index is -4.50. The molecule has 2 aromatic carbocycles. The molecule has 0 amide bonds. The highest BCUT2D eigenvalue weighted by molar-refractivity contribution is 7.46. The molecular weight excluding hydrogens is 425 g/mol. The Balaban J connectivity index is 1.39. The molecule has 0 heterocycles. The van der Waals surface area contributed by atoms with E-state index < -0.39 is 13.4 Å². The zero-order chi connectivity index (χ0) is 22.8. The van der Waals surface area contributed by atoms with E-state index in [-0.39, 0.29) is 6.61 Å². The third-order valence-corrected chi connectivity index (χ3v) is 7.28. The van der Waals surface area contributed by atoms with Gasteiger partial charge in [-0.05, 0) is 73.1 Å². The Morgan fingerprint density at radius 3 is 2.78 bits per heavy atom. The number of hydrogen-bond donors (Lipinski definition) is 3. The second-order valence-corrected chi connectivity index (χ2v) is 10.4. The molecule has 1 saturated carbocycles. The highest BCUT2D eigenvalue weighted by Gasteiger charge is 2.38. The molecule has 0 spiro atoms. The summed E-state index contributed by atoms with van der Waals surface area (Å²) in [5.41, 5.74) is 10.9. The first-order valence-corrected chi connectivity index (χ1v) is 12.7. The Morgan fingerprint density at radius 2 is 2.00 bits per heavy atom. The molecule has 0 saturated heterocycles. The summed E-state index contributed by atoms with van der Waals surface area (Å²) in [5.74, 6) is 1.70. The Kier molecular flexibility index (Phi) is 6.89. The Bertz CT molecular complexity index is 1030. The van der Waals surface area contributed by atoms with E-state index in [0.717, 1.165) is 37.0 Å². The quantitative estimate of drug-likeness (QED) is 0.526. The molecule has 0 bridgehead atoms. The van der Waals surface area contributed by atoms with E-state index in [1.807, 2.05) is 18.2 Å². The molecule has 2 aliphatic rings. The second-order valence-electron chi connectivity index (χ2n) is 9.20. The van der Waals surface area contributed by atoms with Gasteiger partial charge in [0.1, 0.15) is 5.75 Å². The predicted octanol–water partition coefficient (Wildman–Crippen LogP) is 4.59. The summed E-state index contributed by atoms with van der Waals surface area (Å²) in [4.78, 5) is 18.0. The Morgan fingerprint density at radius 1 is 1.19 bits per heavy atom. The summed E-state index contributed by atoms with van der Waals surface area (Å²) in [5, 5.41) is 0. The standard InChI is InChI=1S/C25H32NO5P/c1-30-24-5-3-2-4-19(24)8-6-18-7-9-21-15-22(11-10-20(21)14-18)23-12-13-25(26,16-23)17-31-32(27,28)29/h2-6,8,10-11,15,18,23H,7,9,12-14,16-17,26H2,1H3,(H2,27,28,29)/b8-6+/t18-,23+,25-/m1/s1. The first kappa shape index (κ1) is 23.2. The summed E-state index contributed by atoms with van der Waals surface area (Å²) in [6.07, 6.45) is 9.95. The number of methoxy groups -OCH3 is 1. The average Bonchev–Trinajstić information content (AvgIpc) is 3.18. The number of rotatable bonds is 7. The lowest BCUT2D eigenvalue weighted by Crippen LogP contribution is -2.41. The molecule has 2 aliphatic carbocycles. The first-order chi connectivity index (χ1) is 15.2. The van der Waals surface area contributed by atoms with Gasteiger partial charge in [0.05, 0.1) is 13.7 Å². The fourth-order valence-electron chi connectivity index (χ4n) is 5.05. The second kappa shape index (κ2) is 9.50. The van der Waals surface area contributed by atoms with E-state index in [9.17, 15) is 4.57 Å². The van der Waals surface area contributed by atoms with E-state index in [4.69, 9.17) is 24.8 Å². The summed E-state index contributed by atoms with van der Waals surface area (Å²) in [7, 11) is -2.80. The van der Waals surface area contributed by atoms with Crippen LogP contribution in [0.2, 0.25) is 0 Å². The molecule has 172 valence electrons. The lowest BCUT2D eigenvalue weighted by molar-refractivity contribution is 0.153. The molecule has 0 aromatic heterocycles. The number of nitrogens with two attached hydrogens (primary N) is 1. The number of ether oxygens (including phenoxy) is 1. The number of aryl methyl sites for hydroxylation is 1. The van der Waals surface area contributed by atoms with Crippen LogP contribution < -0.4 is 10.5 Å². The zero-order valence-electron chi connectivity index (χ0n) is 18.4. The van der Waals surface area contributed by atoms with Gasteiger partial charge in [0.2, 0.25) is 0 Å². The number of fused-ring (bicyclic) bond motifs is 1. The summed E-state index contributed by atoms with van der Waals surface area (Å²) in [6.45, 7) is -0.112. The zero-order valence-corrected chi connectivity index (χ0v) is 19.3. The molecule has 0 radical (unpaired) electrons. The van der Waals surface area contributed by atoms with Crippen LogP contribution in [0.5, 0.6) is 5.75 Å². The van der Waals surface area contributed by atoms with Gasteiger partial charge in [-0.25, -0.2) is 4.57 Å². The largest absolute Gasteiger partial charge is 0.496 e. The predicted molar refractivity (Wildman–Crippen MR) is 125 cm³/mol. The molecule has 4 rings (SSSR count). The number of hydrogen-bond acceptors (Lipinski definition) is 4. The monoisotopic (exact) mass is 457 g/mol. The van der Waals surface area contributed by atoms with Crippen molar-refractivity contribution in [3.63, 3.8) is 0 Å². The summed E-state index contributed by atoms with van der Waals surface area (Å²) in [6, 6.07) is 14.8. The van der Waals surface area contributed by atoms with Crippen LogP contribution in [0.25, 0.3) is 6.08 Å². The van der Waals surface area contributed by atoms with Gasteiger partial charge in [-0.1, -0.05) is 48.6 Å². The molecule has 2 aromatic rings. The lowest BCUT2D eigenvalue weighted by atomic mass is 9.81. The van der Waals surface area contributed by atoms with Crippen LogP contribution in [0.3, 0.4) is 0 Å². The molecule has 3 atom stereocenters. The molecule has 4 N–H and O–H groups in total. The van der Waals surface area contributed by atoms with Crippen LogP contribution in [-0.2, 0) is 21.9 Å². The maximum absolute atomic E-state index is 11.0. The third-order valence-electron chi connectivity index (χ3n) is 6.82. The van der Waals surface area contributed by atoms with Gasteiger partial charge in [-0.2, -0.15) is 0 Å². The fraction of sp³-hybridized carbons (Fsp3) is 0.440. The van der Waals surface area contributed by atoms with Gasteiger partial charge in [0.25, 0.3) is 0 Å². The van der Waals surface area contributed by atoms with Crippen LogP contribution in [0, 0.1) is 5.92 Å². The van der Waals surface area contributed by atoms with Crippen molar-refractivity contribution in [2.24, 2.45) is 11.7 Å². The van der Waals surface area contributed by atoms with Crippen LogP contribution in [-0.4, -0.2) is 29.0 Å². The number of phosphoric acid groups is 1. The number of phosphoric ester groups is 1. The molecule has 32 heavy (non-hydrogen) atoms. The molecule has 6 nitrogen and oxygen atoms in total. The van der Waals surface area contributed by atoms with Gasteiger partial charge in [-0.3, -0.25) is 4.52 Å².